The predicted octanol–water partition coefficient (Wildman–Crippen LogP) is 0.917. The number of carboxylic acid groups (broad SMARTS) is 1. The van der Waals surface area contributed by atoms with Crippen LogP contribution in [0.5, 0.6) is 0 Å². The van der Waals surface area contributed by atoms with Crippen LogP contribution in [0.25, 0.3) is 0 Å². The highest BCUT2D eigenvalue weighted by atomic mass is 32.2. The number of rotatable bonds is 7. The van der Waals surface area contributed by atoms with Crippen molar-refractivity contribution in [1.82, 2.24) is 4.90 Å². The van der Waals surface area contributed by atoms with E-state index in [2.05, 4.69) is 4.90 Å². The molecule has 0 heterocycles. The number of likely N-dealkylation sites (N-methyl/N-ethyl adjacent to an activating group) is 1. The average Bonchev–Trinajstić information content (AvgIpc) is 2.38. The molecule has 0 aliphatic heterocycles. The Kier molecular flexibility index (Phi) is 5.67. The van der Waals surface area contributed by atoms with E-state index in [1.165, 1.54) is 18.2 Å². The number of sulfonamides is 1. The van der Waals surface area contributed by atoms with Crippen LogP contribution in [-0.2, 0) is 16.4 Å². The molecule has 0 atom stereocenters. The number of nitrogens with zero attached hydrogens (tertiary/aromatic N) is 1. The zero-order chi connectivity index (χ0) is 15.3. The first-order chi connectivity index (χ1) is 9.29. The maximum Gasteiger partial charge on any atom is 0.335 e. The molecule has 0 spiro atoms. The molecule has 0 bridgehead atoms. The van der Waals surface area contributed by atoms with E-state index < -0.39 is 16.0 Å². The van der Waals surface area contributed by atoms with Gasteiger partial charge in [0.2, 0.25) is 10.0 Å². The van der Waals surface area contributed by atoms with Gasteiger partial charge in [0.1, 0.15) is 0 Å². The van der Waals surface area contributed by atoms with Gasteiger partial charge in [0.05, 0.1) is 10.5 Å². The van der Waals surface area contributed by atoms with E-state index in [0.29, 0.717) is 18.5 Å². The van der Waals surface area contributed by atoms with Gasteiger partial charge in [-0.2, -0.15) is 0 Å². The van der Waals surface area contributed by atoms with Crippen LogP contribution < -0.4 is 5.14 Å². The molecule has 0 aliphatic rings. The van der Waals surface area contributed by atoms with Crippen molar-refractivity contribution in [2.45, 2.75) is 25.2 Å². The van der Waals surface area contributed by atoms with Crippen LogP contribution >= 0.6 is 0 Å². The number of carbonyl (C=O) groups is 1. The molecule has 1 aromatic carbocycles. The zero-order valence-corrected chi connectivity index (χ0v) is 12.5. The summed E-state index contributed by atoms with van der Waals surface area (Å²) >= 11 is 0. The van der Waals surface area contributed by atoms with E-state index in [1.54, 1.807) is 0 Å². The Hall–Kier alpha value is -1.44. The molecule has 3 N–H and O–H groups in total. The summed E-state index contributed by atoms with van der Waals surface area (Å²) in [6.45, 7) is 6.41. The van der Waals surface area contributed by atoms with Crippen LogP contribution in [0, 0.1) is 0 Å². The second-order valence-corrected chi connectivity index (χ2v) is 6.01. The van der Waals surface area contributed by atoms with Gasteiger partial charge in [-0.15, -0.1) is 0 Å². The molecular formula is C13H20N2O4S. The minimum Gasteiger partial charge on any atom is -0.478 e. The molecule has 0 radical (unpaired) electrons. The maximum atomic E-state index is 11.3. The number of nitrogens with two attached hydrogens (primary N) is 1. The highest BCUT2D eigenvalue weighted by molar-refractivity contribution is 7.89. The smallest absolute Gasteiger partial charge is 0.335 e. The Morgan fingerprint density at radius 2 is 1.90 bits per heavy atom. The Balaban J connectivity index is 3.10. The Labute approximate surface area is 119 Å². The first-order valence-electron chi connectivity index (χ1n) is 6.41. The van der Waals surface area contributed by atoms with Gasteiger partial charge in [-0.3, -0.25) is 0 Å². The summed E-state index contributed by atoms with van der Waals surface area (Å²) in [4.78, 5) is 13.2. The average molecular weight is 300 g/mol. The molecule has 112 valence electrons. The summed E-state index contributed by atoms with van der Waals surface area (Å²) in [6, 6.07) is 3.86. The van der Waals surface area contributed by atoms with Gasteiger partial charge in [0.15, 0.2) is 0 Å². The molecule has 0 unspecified atom stereocenters. The minimum atomic E-state index is -3.82. The molecular weight excluding hydrogens is 280 g/mol. The molecule has 0 saturated carbocycles. The number of benzene rings is 1. The summed E-state index contributed by atoms with van der Waals surface area (Å²) in [5.41, 5.74) is 0.598. The van der Waals surface area contributed by atoms with Crippen LogP contribution in [-0.4, -0.2) is 44.0 Å². The molecule has 6 nitrogen and oxygen atoms in total. The Morgan fingerprint density at radius 3 is 2.35 bits per heavy atom. The summed E-state index contributed by atoms with van der Waals surface area (Å²) in [6.07, 6.45) is 0.465. The molecule has 0 saturated heterocycles. The second kappa shape index (κ2) is 6.83. The topological polar surface area (TPSA) is 101 Å². The fourth-order valence-corrected chi connectivity index (χ4v) is 2.55. The Bertz CT molecular complexity index is 580. The van der Waals surface area contributed by atoms with E-state index in [4.69, 9.17) is 10.2 Å². The molecule has 1 aromatic rings. The first-order valence-corrected chi connectivity index (χ1v) is 7.95. The van der Waals surface area contributed by atoms with Gasteiger partial charge < -0.3 is 10.0 Å². The number of primary sulfonamides is 1. The monoisotopic (exact) mass is 300 g/mol. The lowest BCUT2D eigenvalue weighted by atomic mass is 10.0. The van der Waals surface area contributed by atoms with Crippen molar-refractivity contribution < 1.29 is 18.3 Å². The van der Waals surface area contributed by atoms with Crippen molar-refractivity contribution in [2.75, 3.05) is 19.6 Å². The van der Waals surface area contributed by atoms with E-state index in [-0.39, 0.29) is 10.5 Å². The van der Waals surface area contributed by atoms with E-state index in [0.717, 1.165) is 13.1 Å². The fourth-order valence-electron chi connectivity index (χ4n) is 1.98. The first kappa shape index (κ1) is 16.6. The lowest BCUT2D eigenvalue weighted by Crippen LogP contribution is -2.26. The number of hydrogen-bond acceptors (Lipinski definition) is 4. The quantitative estimate of drug-likeness (QED) is 0.779. The SMILES string of the molecule is CCN(CC)CCc1cc(S(N)(=O)=O)ccc1C(=O)O. The minimum absolute atomic E-state index is 0.0583. The molecule has 20 heavy (non-hydrogen) atoms. The van der Waals surface area contributed by atoms with Crippen LogP contribution in [0.4, 0.5) is 0 Å². The largest absolute Gasteiger partial charge is 0.478 e. The number of aromatic carboxylic acids is 1. The standard InChI is InChI=1S/C13H20N2O4S/c1-3-15(4-2)8-7-10-9-11(20(14,18)19)5-6-12(10)13(16)17/h5-6,9H,3-4,7-8H2,1-2H3,(H,16,17)(H2,14,18,19). The molecule has 0 aliphatic carbocycles. The summed E-state index contributed by atoms with van der Waals surface area (Å²) in [5, 5.41) is 14.2. The molecule has 7 heteroatoms. The van der Waals surface area contributed by atoms with Gasteiger partial charge in [0, 0.05) is 6.54 Å². The highest BCUT2D eigenvalue weighted by Gasteiger charge is 2.15. The van der Waals surface area contributed by atoms with Gasteiger partial charge in [-0.05, 0) is 43.3 Å². The third-order valence-corrected chi connectivity index (χ3v) is 4.14. The van der Waals surface area contributed by atoms with Crippen molar-refractivity contribution in [3.05, 3.63) is 29.3 Å². The van der Waals surface area contributed by atoms with Crippen molar-refractivity contribution >= 4 is 16.0 Å². The van der Waals surface area contributed by atoms with Crippen molar-refractivity contribution in [2.24, 2.45) is 5.14 Å². The van der Waals surface area contributed by atoms with Crippen LogP contribution in [0.1, 0.15) is 29.8 Å². The van der Waals surface area contributed by atoms with Gasteiger partial charge in [-0.1, -0.05) is 13.8 Å². The number of carboxylic acids is 1. The summed E-state index contributed by atoms with van der Waals surface area (Å²) in [7, 11) is -3.82. The van der Waals surface area contributed by atoms with Gasteiger partial charge in [0.25, 0.3) is 0 Å². The summed E-state index contributed by atoms with van der Waals surface area (Å²) < 4.78 is 22.7. The van der Waals surface area contributed by atoms with Crippen molar-refractivity contribution in [3.63, 3.8) is 0 Å². The van der Waals surface area contributed by atoms with E-state index >= 15 is 0 Å². The second-order valence-electron chi connectivity index (χ2n) is 4.45. The highest BCUT2D eigenvalue weighted by Crippen LogP contribution is 2.16. The van der Waals surface area contributed by atoms with Crippen LogP contribution in [0.2, 0.25) is 0 Å². The third-order valence-electron chi connectivity index (χ3n) is 3.23. The Morgan fingerprint density at radius 1 is 1.30 bits per heavy atom. The van der Waals surface area contributed by atoms with E-state index in [1.807, 2.05) is 13.8 Å². The molecule has 0 aromatic heterocycles. The number of hydrogen-bond donors (Lipinski definition) is 2. The van der Waals surface area contributed by atoms with Crippen molar-refractivity contribution in [1.29, 1.82) is 0 Å². The zero-order valence-electron chi connectivity index (χ0n) is 11.7. The molecule has 0 amide bonds. The van der Waals surface area contributed by atoms with Crippen LogP contribution in [0.3, 0.4) is 0 Å². The molecule has 0 fully saturated rings. The summed E-state index contributed by atoms with van der Waals surface area (Å²) in [5.74, 6) is -1.07. The van der Waals surface area contributed by atoms with E-state index in [9.17, 15) is 13.2 Å². The van der Waals surface area contributed by atoms with Gasteiger partial charge in [-0.25, -0.2) is 18.4 Å². The normalized spacial score (nSPS) is 11.8. The predicted molar refractivity (Wildman–Crippen MR) is 76.3 cm³/mol. The lowest BCUT2D eigenvalue weighted by Gasteiger charge is -2.18. The third kappa shape index (κ3) is 4.29. The fraction of sp³-hybridized carbons (Fsp3) is 0.462. The maximum absolute atomic E-state index is 11.3. The van der Waals surface area contributed by atoms with Crippen LogP contribution in [0.15, 0.2) is 23.1 Å². The van der Waals surface area contributed by atoms with Gasteiger partial charge >= 0.3 is 5.97 Å². The van der Waals surface area contributed by atoms with Crippen molar-refractivity contribution in [3.8, 4) is 0 Å². The molecule has 1 rings (SSSR count). The lowest BCUT2D eigenvalue weighted by molar-refractivity contribution is 0.0695.